The van der Waals surface area contributed by atoms with E-state index in [9.17, 15) is 0 Å². The molecule has 0 unspecified atom stereocenters. The van der Waals surface area contributed by atoms with Crippen molar-refractivity contribution in [2.24, 2.45) is 5.41 Å². The molecular weight excluding hydrogens is 220 g/mol. The van der Waals surface area contributed by atoms with E-state index < -0.39 is 0 Å². The van der Waals surface area contributed by atoms with Crippen molar-refractivity contribution in [3.05, 3.63) is 28.8 Å². The Morgan fingerprint density at radius 2 is 2.06 bits per heavy atom. The van der Waals surface area contributed by atoms with Crippen molar-refractivity contribution >= 4 is 17.3 Å². The Balaban J connectivity index is 1.97. The van der Waals surface area contributed by atoms with E-state index in [1.54, 1.807) is 0 Å². The molecule has 1 fully saturated rings. The van der Waals surface area contributed by atoms with Crippen LogP contribution in [0, 0.1) is 12.3 Å². The molecule has 0 saturated heterocycles. The quantitative estimate of drug-likeness (QED) is 0.824. The molecule has 1 aromatic rings. The summed E-state index contributed by atoms with van der Waals surface area (Å²) >= 11 is 6.09. The molecule has 1 saturated carbocycles. The molecule has 0 amide bonds. The summed E-state index contributed by atoms with van der Waals surface area (Å²) in [7, 11) is 2.02. The number of hydrogen-bond acceptors (Lipinski definition) is 2. The van der Waals surface area contributed by atoms with Crippen molar-refractivity contribution in [1.29, 1.82) is 0 Å². The standard InChI is InChI=1S/C13H19ClN2/c1-10-11(14)4-3-5-12(10)16-9-13(6-7-13)8-15-2/h3-5,15-16H,6-9H2,1-2H3. The van der Waals surface area contributed by atoms with Gasteiger partial charge in [0.15, 0.2) is 0 Å². The molecule has 0 bridgehead atoms. The van der Waals surface area contributed by atoms with Crippen LogP contribution in [0.4, 0.5) is 5.69 Å². The zero-order chi connectivity index (χ0) is 11.6. The van der Waals surface area contributed by atoms with Gasteiger partial charge in [-0.2, -0.15) is 0 Å². The molecule has 1 aliphatic carbocycles. The van der Waals surface area contributed by atoms with Gasteiger partial charge in [0.1, 0.15) is 0 Å². The summed E-state index contributed by atoms with van der Waals surface area (Å²) in [4.78, 5) is 0. The van der Waals surface area contributed by atoms with Crippen LogP contribution in [-0.4, -0.2) is 20.1 Å². The van der Waals surface area contributed by atoms with Gasteiger partial charge in [0.25, 0.3) is 0 Å². The van der Waals surface area contributed by atoms with Crippen molar-refractivity contribution in [1.82, 2.24) is 5.32 Å². The highest BCUT2D eigenvalue weighted by atomic mass is 35.5. The molecule has 0 radical (unpaired) electrons. The summed E-state index contributed by atoms with van der Waals surface area (Å²) in [5.41, 5.74) is 2.78. The van der Waals surface area contributed by atoms with Crippen LogP contribution in [0.2, 0.25) is 5.02 Å². The normalized spacial score (nSPS) is 17.2. The van der Waals surface area contributed by atoms with Gasteiger partial charge in [-0.05, 0) is 44.5 Å². The third-order valence-corrected chi connectivity index (χ3v) is 3.84. The minimum absolute atomic E-state index is 0.476. The van der Waals surface area contributed by atoms with Crippen LogP contribution >= 0.6 is 11.6 Å². The summed E-state index contributed by atoms with van der Waals surface area (Å²) in [5.74, 6) is 0. The van der Waals surface area contributed by atoms with E-state index >= 15 is 0 Å². The fraction of sp³-hybridized carbons (Fsp3) is 0.538. The second-order valence-electron chi connectivity index (χ2n) is 4.80. The van der Waals surface area contributed by atoms with E-state index in [-0.39, 0.29) is 0 Å². The largest absolute Gasteiger partial charge is 0.384 e. The van der Waals surface area contributed by atoms with Crippen LogP contribution in [0.25, 0.3) is 0 Å². The van der Waals surface area contributed by atoms with Crippen molar-refractivity contribution in [3.63, 3.8) is 0 Å². The maximum absolute atomic E-state index is 6.09. The lowest BCUT2D eigenvalue weighted by atomic mass is 10.1. The molecule has 2 N–H and O–H groups in total. The van der Waals surface area contributed by atoms with Crippen molar-refractivity contribution < 1.29 is 0 Å². The average molecular weight is 239 g/mol. The van der Waals surface area contributed by atoms with Gasteiger partial charge in [-0.25, -0.2) is 0 Å². The molecule has 0 spiro atoms. The smallest absolute Gasteiger partial charge is 0.0455 e. The fourth-order valence-electron chi connectivity index (χ4n) is 2.05. The Labute approximate surface area is 102 Å². The SMILES string of the molecule is CNCC1(CNc2cccc(Cl)c2C)CC1. The van der Waals surface area contributed by atoms with Gasteiger partial charge in [0, 0.05) is 29.2 Å². The number of hydrogen-bond donors (Lipinski definition) is 2. The predicted octanol–water partition coefficient (Wildman–Crippen LogP) is 3.06. The van der Waals surface area contributed by atoms with Crippen LogP contribution < -0.4 is 10.6 Å². The zero-order valence-corrected chi connectivity index (χ0v) is 10.7. The molecule has 0 atom stereocenters. The third-order valence-electron chi connectivity index (χ3n) is 3.43. The molecule has 0 heterocycles. The van der Waals surface area contributed by atoms with E-state index in [1.807, 2.05) is 19.2 Å². The van der Waals surface area contributed by atoms with E-state index in [0.29, 0.717) is 5.41 Å². The molecule has 0 aromatic heterocycles. The summed E-state index contributed by atoms with van der Waals surface area (Å²) in [6.45, 7) is 4.19. The van der Waals surface area contributed by atoms with Crippen LogP contribution in [0.1, 0.15) is 18.4 Å². The lowest BCUT2D eigenvalue weighted by Crippen LogP contribution is -2.27. The Bertz CT molecular complexity index is 372. The van der Waals surface area contributed by atoms with Crippen LogP contribution in [0.15, 0.2) is 18.2 Å². The Morgan fingerprint density at radius 3 is 2.69 bits per heavy atom. The predicted molar refractivity (Wildman–Crippen MR) is 70.3 cm³/mol. The first kappa shape index (κ1) is 11.7. The molecule has 1 aromatic carbocycles. The molecule has 3 heteroatoms. The second kappa shape index (κ2) is 4.64. The number of benzene rings is 1. The Kier molecular flexibility index (Phi) is 3.41. The second-order valence-corrected chi connectivity index (χ2v) is 5.20. The summed E-state index contributed by atoms with van der Waals surface area (Å²) in [5, 5.41) is 7.62. The van der Waals surface area contributed by atoms with Crippen molar-refractivity contribution in [2.45, 2.75) is 19.8 Å². The summed E-state index contributed by atoms with van der Waals surface area (Å²) in [6, 6.07) is 6.02. The first-order chi connectivity index (χ1) is 7.67. The average Bonchev–Trinajstić information content (AvgIpc) is 3.02. The molecule has 2 nitrogen and oxygen atoms in total. The number of anilines is 1. The van der Waals surface area contributed by atoms with Crippen LogP contribution in [0.3, 0.4) is 0 Å². The van der Waals surface area contributed by atoms with Crippen LogP contribution in [0.5, 0.6) is 0 Å². The van der Waals surface area contributed by atoms with E-state index in [4.69, 9.17) is 11.6 Å². The summed E-state index contributed by atoms with van der Waals surface area (Å²) < 4.78 is 0. The highest BCUT2D eigenvalue weighted by Gasteiger charge is 2.41. The van der Waals surface area contributed by atoms with Gasteiger partial charge < -0.3 is 10.6 Å². The third kappa shape index (κ3) is 2.50. The molecule has 2 rings (SSSR count). The van der Waals surface area contributed by atoms with Gasteiger partial charge >= 0.3 is 0 Å². The minimum atomic E-state index is 0.476. The lowest BCUT2D eigenvalue weighted by molar-refractivity contribution is 0.507. The van der Waals surface area contributed by atoms with E-state index in [0.717, 1.165) is 29.4 Å². The summed E-state index contributed by atoms with van der Waals surface area (Å²) in [6.07, 6.45) is 2.64. The zero-order valence-electron chi connectivity index (χ0n) is 9.94. The minimum Gasteiger partial charge on any atom is -0.384 e. The lowest BCUT2D eigenvalue weighted by Gasteiger charge is -2.17. The van der Waals surface area contributed by atoms with Gasteiger partial charge in [0.05, 0.1) is 0 Å². The Morgan fingerprint density at radius 1 is 1.31 bits per heavy atom. The van der Waals surface area contributed by atoms with Gasteiger partial charge in [-0.3, -0.25) is 0 Å². The van der Waals surface area contributed by atoms with Crippen molar-refractivity contribution in [3.8, 4) is 0 Å². The van der Waals surface area contributed by atoms with Gasteiger partial charge in [0.2, 0.25) is 0 Å². The molecule has 88 valence electrons. The van der Waals surface area contributed by atoms with Crippen molar-refractivity contribution in [2.75, 3.05) is 25.5 Å². The topological polar surface area (TPSA) is 24.1 Å². The maximum atomic E-state index is 6.09. The molecule has 16 heavy (non-hydrogen) atoms. The van der Waals surface area contributed by atoms with Gasteiger partial charge in [-0.1, -0.05) is 17.7 Å². The number of halogens is 1. The molecule has 0 aliphatic heterocycles. The number of rotatable bonds is 5. The highest BCUT2D eigenvalue weighted by molar-refractivity contribution is 6.31. The highest BCUT2D eigenvalue weighted by Crippen LogP contribution is 2.45. The number of nitrogens with one attached hydrogen (secondary N) is 2. The van der Waals surface area contributed by atoms with Gasteiger partial charge in [-0.15, -0.1) is 0 Å². The monoisotopic (exact) mass is 238 g/mol. The Hall–Kier alpha value is -0.730. The molecular formula is C13H19ClN2. The fourth-order valence-corrected chi connectivity index (χ4v) is 2.22. The van der Waals surface area contributed by atoms with Crippen LogP contribution in [-0.2, 0) is 0 Å². The first-order valence-electron chi connectivity index (χ1n) is 5.80. The molecule has 1 aliphatic rings. The van der Waals surface area contributed by atoms with E-state index in [1.165, 1.54) is 12.8 Å². The van der Waals surface area contributed by atoms with E-state index in [2.05, 4.69) is 23.6 Å². The first-order valence-corrected chi connectivity index (χ1v) is 6.18. The maximum Gasteiger partial charge on any atom is 0.0455 e.